The van der Waals surface area contributed by atoms with Crippen molar-refractivity contribution in [2.24, 2.45) is 5.92 Å². The second kappa shape index (κ2) is 6.51. The number of anilines is 1. The van der Waals surface area contributed by atoms with Crippen LogP contribution in [0.1, 0.15) is 6.42 Å². The maximum atomic E-state index is 12.4. The summed E-state index contributed by atoms with van der Waals surface area (Å²) in [6.45, 7) is -1.58. The quantitative estimate of drug-likeness (QED) is 0.895. The van der Waals surface area contributed by atoms with Gasteiger partial charge in [0.1, 0.15) is 12.3 Å². The van der Waals surface area contributed by atoms with Crippen molar-refractivity contribution in [2.75, 3.05) is 25.5 Å². The smallest absolute Gasteiger partial charge is 0.406 e. The number of nitrogens with one attached hydrogen (secondary N) is 1. The Hall–Kier alpha value is -2.36. The number of thiazole rings is 1. The molecule has 0 bridgehead atoms. The third-order valence-electron chi connectivity index (χ3n) is 3.78. The molecule has 2 heterocycles. The van der Waals surface area contributed by atoms with Crippen LogP contribution in [-0.2, 0) is 9.59 Å². The highest BCUT2D eigenvalue weighted by Crippen LogP contribution is 2.30. The summed E-state index contributed by atoms with van der Waals surface area (Å²) in [6, 6.07) is 5.25. The van der Waals surface area contributed by atoms with Gasteiger partial charge < -0.3 is 15.0 Å². The normalized spacial score (nSPS) is 18.0. The van der Waals surface area contributed by atoms with Crippen LogP contribution in [-0.4, -0.2) is 48.1 Å². The van der Waals surface area contributed by atoms with E-state index in [-0.39, 0.29) is 13.0 Å². The fourth-order valence-electron chi connectivity index (χ4n) is 2.61. The minimum atomic E-state index is -4.48. The van der Waals surface area contributed by atoms with E-state index in [4.69, 9.17) is 4.74 Å². The van der Waals surface area contributed by atoms with Crippen molar-refractivity contribution in [3.63, 3.8) is 0 Å². The molecule has 25 heavy (non-hydrogen) atoms. The second-order valence-corrected chi connectivity index (χ2v) is 6.66. The molecule has 1 aromatic carbocycles. The molecule has 1 atom stereocenters. The summed E-state index contributed by atoms with van der Waals surface area (Å²) in [5.41, 5.74) is 0.669. The van der Waals surface area contributed by atoms with Crippen LogP contribution >= 0.6 is 11.3 Å². The molecule has 1 aromatic heterocycles. The summed E-state index contributed by atoms with van der Waals surface area (Å²) < 4.78 is 43.2. The zero-order valence-corrected chi connectivity index (χ0v) is 13.9. The number of ether oxygens (including phenoxy) is 1. The molecule has 1 N–H and O–H groups in total. The van der Waals surface area contributed by atoms with Crippen molar-refractivity contribution in [3.05, 3.63) is 18.2 Å². The summed E-state index contributed by atoms with van der Waals surface area (Å²) in [4.78, 5) is 28.8. The molecule has 10 heteroatoms. The van der Waals surface area contributed by atoms with Gasteiger partial charge in [0.05, 0.1) is 23.2 Å². The van der Waals surface area contributed by atoms with Gasteiger partial charge >= 0.3 is 6.18 Å². The molecular weight excluding hydrogens is 359 g/mol. The number of likely N-dealkylation sites (tertiary alicyclic amines) is 1. The van der Waals surface area contributed by atoms with Gasteiger partial charge in [0.25, 0.3) is 0 Å². The van der Waals surface area contributed by atoms with Crippen LogP contribution in [0.4, 0.5) is 18.3 Å². The lowest BCUT2D eigenvalue weighted by molar-refractivity contribution is -0.157. The molecule has 1 unspecified atom stereocenters. The number of alkyl halides is 3. The third-order valence-corrected chi connectivity index (χ3v) is 4.71. The molecule has 6 nitrogen and oxygen atoms in total. The van der Waals surface area contributed by atoms with Gasteiger partial charge in [-0.2, -0.15) is 13.2 Å². The van der Waals surface area contributed by atoms with E-state index in [1.807, 2.05) is 0 Å². The lowest BCUT2D eigenvalue weighted by Crippen LogP contribution is -2.36. The van der Waals surface area contributed by atoms with Crippen LogP contribution in [0.25, 0.3) is 10.2 Å². The summed E-state index contributed by atoms with van der Waals surface area (Å²) in [7, 11) is 1.54. The van der Waals surface area contributed by atoms with E-state index in [0.717, 1.165) is 4.70 Å². The van der Waals surface area contributed by atoms with E-state index in [1.165, 1.54) is 18.4 Å². The molecule has 2 aromatic rings. The first-order valence-corrected chi connectivity index (χ1v) is 8.17. The molecule has 1 fully saturated rings. The minimum Gasteiger partial charge on any atom is -0.497 e. The number of halogens is 3. The Morgan fingerprint density at radius 3 is 2.92 bits per heavy atom. The highest BCUT2D eigenvalue weighted by Gasteiger charge is 2.40. The number of methoxy groups -OCH3 is 1. The van der Waals surface area contributed by atoms with Crippen molar-refractivity contribution in [1.29, 1.82) is 0 Å². The number of benzene rings is 1. The molecule has 1 aliphatic heterocycles. The van der Waals surface area contributed by atoms with Crippen molar-refractivity contribution in [2.45, 2.75) is 12.6 Å². The second-order valence-electron chi connectivity index (χ2n) is 5.63. The first-order chi connectivity index (χ1) is 11.7. The van der Waals surface area contributed by atoms with Crippen molar-refractivity contribution in [3.8, 4) is 5.75 Å². The minimum absolute atomic E-state index is 0.235. The van der Waals surface area contributed by atoms with E-state index in [2.05, 4.69) is 10.3 Å². The number of hydrogen-bond donors (Lipinski definition) is 1. The number of fused-ring (bicyclic) bond motifs is 1. The number of nitrogens with zero attached hydrogens (tertiary/aromatic N) is 2. The predicted molar refractivity (Wildman–Crippen MR) is 85.5 cm³/mol. The number of carbonyl (C=O) groups is 2. The van der Waals surface area contributed by atoms with Gasteiger partial charge in [0.15, 0.2) is 5.13 Å². The lowest BCUT2D eigenvalue weighted by Gasteiger charge is -2.18. The average molecular weight is 373 g/mol. The van der Waals surface area contributed by atoms with Crippen LogP contribution in [0.5, 0.6) is 5.75 Å². The molecule has 1 aliphatic rings. The van der Waals surface area contributed by atoms with Crippen LogP contribution in [0.2, 0.25) is 0 Å². The topological polar surface area (TPSA) is 71.5 Å². The largest absolute Gasteiger partial charge is 0.497 e. The molecule has 134 valence electrons. The Bertz CT molecular complexity index is 821. The fraction of sp³-hybridized carbons (Fsp3) is 0.400. The van der Waals surface area contributed by atoms with Crippen LogP contribution in [0, 0.1) is 5.92 Å². The molecule has 0 spiro atoms. The van der Waals surface area contributed by atoms with Gasteiger partial charge in [0.2, 0.25) is 11.8 Å². The Balaban J connectivity index is 1.67. The SMILES string of the molecule is COc1ccc2nc(NC(=O)C3CC(=O)N(CC(F)(F)F)C3)sc2c1. The summed E-state index contributed by atoms with van der Waals surface area (Å²) in [6.07, 6.45) is -4.71. The van der Waals surface area contributed by atoms with E-state index in [0.29, 0.717) is 21.3 Å². The monoisotopic (exact) mass is 373 g/mol. The highest BCUT2D eigenvalue weighted by molar-refractivity contribution is 7.22. The average Bonchev–Trinajstić information content (AvgIpc) is 3.08. The van der Waals surface area contributed by atoms with Gasteiger partial charge in [-0.05, 0) is 18.2 Å². The van der Waals surface area contributed by atoms with Gasteiger partial charge in [-0.25, -0.2) is 4.98 Å². The molecule has 1 saturated heterocycles. The van der Waals surface area contributed by atoms with E-state index < -0.39 is 30.5 Å². The first-order valence-electron chi connectivity index (χ1n) is 7.35. The zero-order chi connectivity index (χ0) is 18.2. The Morgan fingerprint density at radius 1 is 1.48 bits per heavy atom. The summed E-state index contributed by atoms with van der Waals surface area (Å²) in [5, 5.41) is 2.91. The van der Waals surface area contributed by atoms with Crippen LogP contribution in [0.15, 0.2) is 18.2 Å². The number of carbonyl (C=O) groups excluding carboxylic acids is 2. The van der Waals surface area contributed by atoms with Crippen LogP contribution < -0.4 is 10.1 Å². The van der Waals surface area contributed by atoms with Gasteiger partial charge in [-0.1, -0.05) is 11.3 Å². The molecule has 0 aliphatic carbocycles. The predicted octanol–water partition coefficient (Wildman–Crippen LogP) is 2.65. The highest BCUT2D eigenvalue weighted by atomic mass is 32.1. The van der Waals surface area contributed by atoms with Crippen molar-refractivity contribution < 1.29 is 27.5 Å². The number of amides is 2. The van der Waals surface area contributed by atoms with Gasteiger partial charge in [-0.3, -0.25) is 9.59 Å². The van der Waals surface area contributed by atoms with Crippen LogP contribution in [0.3, 0.4) is 0 Å². The summed E-state index contributed by atoms with van der Waals surface area (Å²) in [5.74, 6) is -1.36. The number of aromatic nitrogens is 1. The van der Waals surface area contributed by atoms with Gasteiger partial charge in [0, 0.05) is 13.0 Å². The fourth-order valence-corrected chi connectivity index (χ4v) is 3.51. The van der Waals surface area contributed by atoms with E-state index in [9.17, 15) is 22.8 Å². The Kier molecular flexibility index (Phi) is 4.55. The molecule has 0 radical (unpaired) electrons. The Morgan fingerprint density at radius 2 is 2.24 bits per heavy atom. The van der Waals surface area contributed by atoms with Crippen molar-refractivity contribution in [1.82, 2.24) is 9.88 Å². The number of hydrogen-bond acceptors (Lipinski definition) is 5. The molecule has 3 rings (SSSR count). The van der Waals surface area contributed by atoms with Crippen molar-refractivity contribution >= 4 is 38.5 Å². The Labute approximate surface area is 144 Å². The maximum absolute atomic E-state index is 12.4. The van der Waals surface area contributed by atoms with Gasteiger partial charge in [-0.15, -0.1) is 0 Å². The molecule has 0 saturated carbocycles. The molecule has 2 amide bonds. The lowest BCUT2D eigenvalue weighted by atomic mass is 10.1. The summed E-state index contributed by atoms with van der Waals surface area (Å²) >= 11 is 1.22. The molecular formula is C15H14F3N3O3S. The van der Waals surface area contributed by atoms with E-state index >= 15 is 0 Å². The first kappa shape index (κ1) is 17.5. The zero-order valence-electron chi connectivity index (χ0n) is 13.1. The third kappa shape index (κ3) is 4.01. The number of rotatable bonds is 4. The van der Waals surface area contributed by atoms with E-state index in [1.54, 1.807) is 18.2 Å². The maximum Gasteiger partial charge on any atom is 0.406 e. The standard InChI is InChI=1S/C15H14F3N3O3S/c1-24-9-2-3-10-11(5-9)25-14(19-10)20-13(23)8-4-12(22)21(6-8)7-15(16,17)18/h2-3,5,8H,4,6-7H2,1H3,(H,19,20,23).